The summed E-state index contributed by atoms with van der Waals surface area (Å²) in [6.45, 7) is 0.373. The Morgan fingerprint density at radius 3 is 2.10 bits per heavy atom. The van der Waals surface area contributed by atoms with Crippen LogP contribution in [0.25, 0.3) is 0 Å². The van der Waals surface area contributed by atoms with Crippen molar-refractivity contribution in [1.29, 1.82) is 0 Å². The highest BCUT2D eigenvalue weighted by Gasteiger charge is 2.29. The Morgan fingerprint density at radius 2 is 1.48 bits per heavy atom. The fourth-order valence-electron chi connectivity index (χ4n) is 3.59. The first-order valence-electron chi connectivity index (χ1n) is 10.4. The summed E-state index contributed by atoms with van der Waals surface area (Å²) in [5.41, 5.74) is 3.11. The van der Waals surface area contributed by atoms with Gasteiger partial charge in [0.05, 0.1) is 0 Å². The van der Waals surface area contributed by atoms with E-state index >= 15 is 0 Å². The quantitative estimate of drug-likeness (QED) is 0.481. The van der Waals surface area contributed by atoms with Crippen molar-refractivity contribution in [2.75, 3.05) is 7.05 Å². The second kappa shape index (κ2) is 11.5. The second-order valence-corrected chi connectivity index (χ2v) is 8.37. The average molecular weight is 479 g/mol. The lowest BCUT2D eigenvalue weighted by Gasteiger charge is -2.31. The summed E-state index contributed by atoms with van der Waals surface area (Å²) < 4.78 is 0.946. The highest BCUT2D eigenvalue weighted by Crippen LogP contribution is 2.19. The summed E-state index contributed by atoms with van der Waals surface area (Å²) in [5.74, 6) is -0.194. The van der Waals surface area contributed by atoms with Gasteiger partial charge in [-0.1, -0.05) is 88.7 Å². The molecule has 4 nitrogen and oxygen atoms in total. The van der Waals surface area contributed by atoms with E-state index in [0.29, 0.717) is 25.8 Å². The number of nitrogens with zero attached hydrogens (tertiary/aromatic N) is 1. The number of aryl methyl sites for hydroxylation is 1. The first-order chi connectivity index (χ1) is 15.1. The van der Waals surface area contributed by atoms with Crippen LogP contribution in [0.4, 0.5) is 0 Å². The molecule has 31 heavy (non-hydrogen) atoms. The van der Waals surface area contributed by atoms with Gasteiger partial charge in [0.2, 0.25) is 11.8 Å². The zero-order chi connectivity index (χ0) is 22.1. The largest absolute Gasteiger partial charge is 0.357 e. The number of benzene rings is 3. The Morgan fingerprint density at radius 1 is 0.871 bits per heavy atom. The molecule has 0 saturated heterocycles. The van der Waals surface area contributed by atoms with E-state index in [-0.39, 0.29) is 11.8 Å². The van der Waals surface area contributed by atoms with Gasteiger partial charge in [-0.2, -0.15) is 0 Å². The van der Waals surface area contributed by atoms with Crippen LogP contribution >= 0.6 is 15.9 Å². The topological polar surface area (TPSA) is 49.4 Å². The van der Waals surface area contributed by atoms with Crippen molar-refractivity contribution < 1.29 is 9.59 Å². The van der Waals surface area contributed by atoms with Crippen LogP contribution in [0.2, 0.25) is 0 Å². The highest BCUT2D eigenvalue weighted by atomic mass is 79.9. The lowest BCUT2D eigenvalue weighted by Crippen LogP contribution is -2.49. The fraction of sp³-hybridized carbons (Fsp3) is 0.231. The summed E-state index contributed by atoms with van der Waals surface area (Å²) in [6.07, 6.45) is 1.45. The Kier molecular flexibility index (Phi) is 8.42. The van der Waals surface area contributed by atoms with Crippen LogP contribution in [0.1, 0.15) is 23.1 Å². The maximum atomic E-state index is 13.4. The third kappa shape index (κ3) is 6.79. The van der Waals surface area contributed by atoms with Crippen molar-refractivity contribution in [2.45, 2.75) is 31.8 Å². The number of carbonyl (C=O) groups is 2. The summed E-state index contributed by atoms with van der Waals surface area (Å²) in [5, 5.41) is 2.75. The molecule has 3 aromatic carbocycles. The van der Waals surface area contributed by atoms with Crippen LogP contribution in [0.15, 0.2) is 89.4 Å². The van der Waals surface area contributed by atoms with E-state index in [9.17, 15) is 9.59 Å². The predicted octanol–water partition coefficient (Wildman–Crippen LogP) is 4.77. The van der Waals surface area contributed by atoms with E-state index < -0.39 is 6.04 Å². The predicted molar refractivity (Wildman–Crippen MR) is 127 cm³/mol. The third-order valence-corrected chi connectivity index (χ3v) is 5.72. The van der Waals surface area contributed by atoms with E-state index in [0.717, 1.165) is 21.2 Å². The number of amides is 2. The molecule has 0 heterocycles. The molecule has 1 atom stereocenters. The van der Waals surface area contributed by atoms with Crippen molar-refractivity contribution in [3.63, 3.8) is 0 Å². The number of hydrogen-bond donors (Lipinski definition) is 1. The molecule has 0 fully saturated rings. The molecule has 1 N–H and O–H groups in total. The van der Waals surface area contributed by atoms with Crippen molar-refractivity contribution in [2.24, 2.45) is 0 Å². The molecule has 5 heteroatoms. The molecule has 2 amide bonds. The zero-order valence-corrected chi connectivity index (χ0v) is 19.2. The molecule has 0 aliphatic carbocycles. The minimum atomic E-state index is -0.588. The molecule has 0 saturated carbocycles. The van der Waals surface area contributed by atoms with Gasteiger partial charge in [-0.05, 0) is 35.2 Å². The molecule has 0 unspecified atom stereocenters. The zero-order valence-electron chi connectivity index (χ0n) is 17.6. The van der Waals surface area contributed by atoms with Crippen molar-refractivity contribution in [3.8, 4) is 0 Å². The third-order valence-electron chi connectivity index (χ3n) is 5.23. The SMILES string of the molecule is CNC(=O)[C@H](Cc1ccccc1)N(Cc1cccc(Br)c1)C(=O)CCc1ccccc1. The minimum absolute atomic E-state index is 0.0339. The maximum Gasteiger partial charge on any atom is 0.242 e. The van der Waals surface area contributed by atoms with Crippen LogP contribution in [-0.2, 0) is 29.0 Å². The molecule has 3 aromatic rings. The fourth-order valence-corrected chi connectivity index (χ4v) is 4.04. The van der Waals surface area contributed by atoms with Gasteiger partial charge in [0.1, 0.15) is 6.04 Å². The van der Waals surface area contributed by atoms with Crippen LogP contribution in [0.5, 0.6) is 0 Å². The minimum Gasteiger partial charge on any atom is -0.357 e. The van der Waals surface area contributed by atoms with Gasteiger partial charge in [-0.15, -0.1) is 0 Å². The van der Waals surface area contributed by atoms with Gasteiger partial charge in [-0.3, -0.25) is 9.59 Å². The van der Waals surface area contributed by atoms with Crippen molar-refractivity contribution in [3.05, 3.63) is 106 Å². The van der Waals surface area contributed by atoms with Gasteiger partial charge in [0, 0.05) is 30.9 Å². The molecule has 160 valence electrons. The van der Waals surface area contributed by atoms with Crippen LogP contribution in [0.3, 0.4) is 0 Å². The first kappa shape index (κ1) is 22.8. The van der Waals surface area contributed by atoms with E-state index in [4.69, 9.17) is 0 Å². The molecule has 0 aliphatic rings. The van der Waals surface area contributed by atoms with Gasteiger partial charge in [0.25, 0.3) is 0 Å². The normalized spacial score (nSPS) is 11.5. The maximum absolute atomic E-state index is 13.4. The molecule has 0 bridgehead atoms. The van der Waals surface area contributed by atoms with Gasteiger partial charge in [-0.25, -0.2) is 0 Å². The van der Waals surface area contributed by atoms with Crippen LogP contribution < -0.4 is 5.32 Å². The smallest absolute Gasteiger partial charge is 0.242 e. The number of rotatable bonds is 9. The number of nitrogens with one attached hydrogen (secondary N) is 1. The van der Waals surface area contributed by atoms with E-state index in [1.807, 2.05) is 84.9 Å². The number of hydrogen-bond acceptors (Lipinski definition) is 2. The summed E-state index contributed by atoms with van der Waals surface area (Å²) in [6, 6.07) is 27.0. The molecule has 0 radical (unpaired) electrons. The molecule has 0 aliphatic heterocycles. The molecule has 0 spiro atoms. The Hall–Kier alpha value is -2.92. The van der Waals surface area contributed by atoms with Crippen molar-refractivity contribution >= 4 is 27.7 Å². The van der Waals surface area contributed by atoms with Gasteiger partial charge >= 0.3 is 0 Å². The highest BCUT2D eigenvalue weighted by molar-refractivity contribution is 9.10. The van der Waals surface area contributed by atoms with Crippen LogP contribution in [-0.4, -0.2) is 29.8 Å². The Labute approximate surface area is 192 Å². The number of halogens is 1. The summed E-state index contributed by atoms with van der Waals surface area (Å²) in [4.78, 5) is 28.0. The van der Waals surface area contributed by atoms with E-state index in [1.165, 1.54) is 0 Å². The molecular weight excluding hydrogens is 452 g/mol. The lowest BCUT2D eigenvalue weighted by molar-refractivity contribution is -0.141. The standard InChI is InChI=1S/C26H27BrN2O2/c1-28-26(31)24(18-21-11-6-3-7-12-21)29(19-22-13-8-14-23(27)17-22)25(30)16-15-20-9-4-2-5-10-20/h2-14,17,24H,15-16,18-19H2,1H3,(H,28,31)/t24-/m0/s1. The summed E-state index contributed by atoms with van der Waals surface area (Å²) in [7, 11) is 1.62. The second-order valence-electron chi connectivity index (χ2n) is 7.46. The first-order valence-corrected chi connectivity index (χ1v) is 11.2. The van der Waals surface area contributed by atoms with E-state index in [1.54, 1.807) is 11.9 Å². The average Bonchev–Trinajstić information content (AvgIpc) is 2.80. The van der Waals surface area contributed by atoms with Crippen LogP contribution in [0, 0.1) is 0 Å². The Bertz CT molecular complexity index is 993. The number of likely N-dealkylation sites (N-methyl/N-ethyl adjacent to an activating group) is 1. The van der Waals surface area contributed by atoms with E-state index in [2.05, 4.69) is 21.2 Å². The number of carbonyl (C=O) groups excluding carboxylic acids is 2. The Balaban J connectivity index is 1.87. The van der Waals surface area contributed by atoms with Gasteiger partial charge < -0.3 is 10.2 Å². The molecule has 3 rings (SSSR count). The van der Waals surface area contributed by atoms with Gasteiger partial charge in [0.15, 0.2) is 0 Å². The molecule has 0 aromatic heterocycles. The summed E-state index contributed by atoms with van der Waals surface area (Å²) >= 11 is 3.50. The van der Waals surface area contributed by atoms with Crippen molar-refractivity contribution in [1.82, 2.24) is 10.2 Å². The molecular formula is C26H27BrN2O2. The lowest BCUT2D eigenvalue weighted by atomic mass is 10.0. The monoisotopic (exact) mass is 478 g/mol.